The van der Waals surface area contributed by atoms with Crippen molar-refractivity contribution in [1.29, 1.82) is 0 Å². The topological polar surface area (TPSA) is 186 Å². The van der Waals surface area contributed by atoms with Crippen molar-refractivity contribution in [2.24, 2.45) is 0 Å². The van der Waals surface area contributed by atoms with Gasteiger partial charge in [0.1, 0.15) is 0 Å². The molecule has 15 heteroatoms. The van der Waals surface area contributed by atoms with E-state index in [-0.39, 0.29) is 71.8 Å². The molecule has 12 nitrogen and oxygen atoms in total. The van der Waals surface area contributed by atoms with Gasteiger partial charge in [-0.3, -0.25) is 19.2 Å². The number of aliphatic hydroxyl groups is 4. The summed E-state index contributed by atoms with van der Waals surface area (Å²) in [5.41, 5.74) is 0. The van der Waals surface area contributed by atoms with Crippen LogP contribution in [0.5, 0.6) is 0 Å². The minimum absolute atomic E-state index is 0. The quantitative estimate of drug-likeness (QED) is 0.116. The maximum absolute atomic E-state index is 10.3. The molecule has 4 N–H and O–H groups in total. The molecule has 2 unspecified atom stereocenters. The van der Waals surface area contributed by atoms with Crippen molar-refractivity contribution in [3.8, 4) is 0 Å². The van der Waals surface area contributed by atoms with Crippen molar-refractivity contribution in [2.75, 3.05) is 6.61 Å². The molecule has 0 heterocycles. The summed E-state index contributed by atoms with van der Waals surface area (Å²) in [5.74, 6) is -4.53. The van der Waals surface area contributed by atoms with Crippen molar-refractivity contribution in [2.45, 2.75) is 80.4 Å². The van der Waals surface area contributed by atoms with Gasteiger partial charge in [0.2, 0.25) is 0 Å². The van der Waals surface area contributed by atoms with E-state index >= 15 is 0 Å². The number of carbonyl (C=O) groups is 4. The van der Waals surface area contributed by atoms with Gasteiger partial charge in [-0.2, -0.15) is 0 Å². The van der Waals surface area contributed by atoms with Gasteiger partial charge in [-0.25, -0.2) is 0 Å². The van der Waals surface area contributed by atoms with Crippen LogP contribution >= 0.6 is 0 Å². The Morgan fingerprint density at radius 1 is 0.765 bits per heavy atom. The van der Waals surface area contributed by atoms with Crippen LogP contribution in [0.25, 0.3) is 0 Å². The van der Waals surface area contributed by atoms with E-state index in [1.165, 1.54) is 27.7 Å². The third kappa shape index (κ3) is 95.1. The van der Waals surface area contributed by atoms with E-state index in [1.807, 2.05) is 0 Å². The van der Waals surface area contributed by atoms with Gasteiger partial charge in [-0.15, -0.1) is 0 Å². The maximum atomic E-state index is 10.3. The van der Waals surface area contributed by atoms with Gasteiger partial charge >= 0.3 is 29.9 Å². The largest absolute Gasteiger partial charge is 0.436 e. The van der Waals surface area contributed by atoms with Crippen molar-refractivity contribution >= 4 is 23.9 Å². The van der Waals surface area contributed by atoms with Crippen LogP contribution in [0.4, 0.5) is 0 Å². The molecule has 0 fully saturated rings. The Hall–Kier alpha value is -0.137. The van der Waals surface area contributed by atoms with E-state index in [9.17, 15) is 19.2 Å². The van der Waals surface area contributed by atoms with E-state index in [4.69, 9.17) is 20.4 Å². The van der Waals surface area contributed by atoms with E-state index in [1.54, 1.807) is 6.92 Å². The SMILES string of the molecule is CC(=O)OC(C)(O)OC(C)=O.CC(=O)OC(C)O.CC(=O)OC(C)O.CCO.[CH2-]C[CH2-].[Ti].[Ti].[Ti]. The molecule has 0 spiro atoms. The Balaban J connectivity index is -0.0000000437. The molecule has 0 rings (SSSR count). The fourth-order valence-corrected chi connectivity index (χ4v) is 1.03. The Morgan fingerprint density at radius 2 is 0.941 bits per heavy atom. The Kier molecular flexibility index (Phi) is 60.2. The summed E-state index contributed by atoms with van der Waals surface area (Å²) < 4.78 is 16.8. The molecule has 0 saturated heterocycles. The Morgan fingerprint density at radius 3 is 1.00 bits per heavy atom. The predicted octanol–water partition coefficient (Wildman–Crippen LogP) is 0.590. The van der Waals surface area contributed by atoms with E-state index in [0.29, 0.717) is 0 Å². The number of hydrogen-bond acceptors (Lipinski definition) is 12. The molecule has 0 aliphatic heterocycles. The molecule has 0 aromatic rings. The molecule has 0 bridgehead atoms. The third-order valence-corrected chi connectivity index (χ3v) is 1.34. The predicted molar refractivity (Wildman–Crippen MR) is 109 cm³/mol. The van der Waals surface area contributed by atoms with Crippen LogP contribution in [0.15, 0.2) is 0 Å². The number of esters is 4. The van der Waals surface area contributed by atoms with Crippen LogP contribution in [0.3, 0.4) is 0 Å². The fraction of sp³-hybridized carbons (Fsp3) is 0.684. The van der Waals surface area contributed by atoms with Gasteiger partial charge in [0, 0.05) is 106 Å². The van der Waals surface area contributed by atoms with Crippen molar-refractivity contribution in [1.82, 2.24) is 0 Å². The van der Waals surface area contributed by atoms with Gasteiger partial charge in [0.25, 0.3) is 0 Å². The first-order valence-electron chi connectivity index (χ1n) is 8.93. The standard InChI is InChI=1S/C6H10O5.2C4H8O3.C3H6.C2H6O.3Ti/c1-4(7)10-6(3,9)11-5(2)8;2*1-3(5)7-4(2)6;1-3-2;1-2-3;;;/h9H,1-3H3;2*3,5H,1-2H3;1-3H2;3H,2H2,1H3;;;/q;;;-2;;;;. The fourth-order valence-electron chi connectivity index (χ4n) is 1.03. The number of hydrogen-bond donors (Lipinski definition) is 4. The molecule has 0 amide bonds. The maximum Gasteiger partial charge on any atom is 0.370 e. The first-order valence-corrected chi connectivity index (χ1v) is 8.93. The van der Waals surface area contributed by atoms with Crippen molar-refractivity contribution in [3.05, 3.63) is 13.8 Å². The zero-order chi connectivity index (χ0) is 26.2. The normalized spacial score (nSPS) is 9.82. The van der Waals surface area contributed by atoms with Crippen LogP contribution < -0.4 is 0 Å². The summed E-state index contributed by atoms with van der Waals surface area (Å²) in [6, 6.07) is 0. The van der Waals surface area contributed by atoms with Crippen molar-refractivity contribution in [3.63, 3.8) is 0 Å². The van der Waals surface area contributed by atoms with Crippen LogP contribution in [-0.2, 0) is 103 Å². The molecule has 0 aromatic heterocycles. The minimum Gasteiger partial charge on any atom is -0.436 e. The van der Waals surface area contributed by atoms with Crippen LogP contribution in [0.2, 0.25) is 0 Å². The summed E-state index contributed by atoms with van der Waals surface area (Å²) in [7, 11) is 0. The van der Waals surface area contributed by atoms with Crippen LogP contribution in [-0.4, -0.2) is 69.5 Å². The van der Waals surface area contributed by atoms with Gasteiger partial charge in [0.15, 0.2) is 12.6 Å². The van der Waals surface area contributed by atoms with E-state index in [0.717, 1.165) is 27.2 Å². The number of ether oxygens (including phenoxy) is 4. The summed E-state index contributed by atoms with van der Waals surface area (Å²) in [5, 5.41) is 33.1. The van der Waals surface area contributed by atoms with Gasteiger partial charge in [-0.05, 0) is 20.8 Å². The van der Waals surface area contributed by atoms with E-state index < -0.39 is 42.4 Å². The average molecular weight is 602 g/mol. The average Bonchev–Trinajstić information content (AvgIpc) is 2.43. The zero-order valence-electron chi connectivity index (χ0n) is 21.0. The number of rotatable bonds is 4. The zero-order valence-corrected chi connectivity index (χ0v) is 25.7. The second kappa shape index (κ2) is 37.4. The molecule has 0 radical (unpaired) electrons. The second-order valence-electron chi connectivity index (χ2n) is 5.17. The molecule has 2 atom stereocenters. The minimum atomic E-state index is -2.16. The second-order valence-corrected chi connectivity index (χ2v) is 5.17. The van der Waals surface area contributed by atoms with Gasteiger partial charge in [-0.1, -0.05) is 0 Å². The van der Waals surface area contributed by atoms with Crippen molar-refractivity contribution < 1.29 is 124 Å². The first-order chi connectivity index (χ1) is 13.9. The molecule has 0 aliphatic carbocycles. The third-order valence-electron chi connectivity index (χ3n) is 1.34. The summed E-state index contributed by atoms with van der Waals surface area (Å²) in [6.07, 6.45) is -1.20. The summed E-state index contributed by atoms with van der Waals surface area (Å²) >= 11 is 0. The first kappa shape index (κ1) is 54.7. The van der Waals surface area contributed by atoms with Crippen LogP contribution in [0.1, 0.15) is 61.8 Å². The Labute approximate surface area is 247 Å². The molecule has 0 aromatic carbocycles. The summed E-state index contributed by atoms with van der Waals surface area (Å²) in [6.45, 7) is 17.2. The van der Waals surface area contributed by atoms with Crippen LogP contribution in [0, 0.1) is 13.8 Å². The molecule has 0 aliphatic rings. The number of carbonyl (C=O) groups excluding carboxylic acids is 4. The molecule has 34 heavy (non-hydrogen) atoms. The summed E-state index contributed by atoms with van der Waals surface area (Å²) in [4.78, 5) is 40.3. The smallest absolute Gasteiger partial charge is 0.370 e. The molecular formula is C19H38O12Ti3-2. The Bertz CT molecular complexity index is 433. The molecular weight excluding hydrogens is 564 g/mol. The molecule has 0 saturated carbocycles. The molecule has 200 valence electrons. The van der Waals surface area contributed by atoms with Gasteiger partial charge in [0.05, 0.1) is 0 Å². The van der Waals surface area contributed by atoms with Gasteiger partial charge < -0.3 is 59.6 Å². The number of aliphatic hydroxyl groups excluding tert-OH is 3. The monoisotopic (exact) mass is 602 g/mol. The van der Waals surface area contributed by atoms with E-state index in [2.05, 4.69) is 32.8 Å².